The van der Waals surface area contributed by atoms with Crippen LogP contribution in [0.1, 0.15) is 65.0 Å². The first-order valence-electron chi connectivity index (χ1n) is 10.6. The van der Waals surface area contributed by atoms with Crippen molar-refractivity contribution in [2.24, 2.45) is 0 Å². The van der Waals surface area contributed by atoms with Crippen LogP contribution < -0.4 is 0 Å². The lowest BCUT2D eigenvalue weighted by atomic mass is 9.94. The summed E-state index contributed by atoms with van der Waals surface area (Å²) in [6.45, 7) is 2.74. The lowest BCUT2D eigenvalue weighted by Gasteiger charge is -2.30. The van der Waals surface area contributed by atoms with Crippen molar-refractivity contribution in [2.45, 2.75) is 58.0 Å². The third kappa shape index (κ3) is 3.46. The lowest BCUT2D eigenvalue weighted by Crippen LogP contribution is -2.36. The first-order valence-corrected chi connectivity index (χ1v) is 10.6. The fraction of sp³-hybridized carbons (Fsp3) is 0.375. The van der Waals surface area contributed by atoms with Crippen LogP contribution >= 0.6 is 0 Å². The highest BCUT2D eigenvalue weighted by atomic mass is 16.2. The highest BCUT2D eigenvalue weighted by Crippen LogP contribution is 2.31. The molecule has 0 bridgehead atoms. The zero-order chi connectivity index (χ0) is 19.8. The Morgan fingerprint density at radius 1 is 1.10 bits per heavy atom. The number of hydrogen-bond donors (Lipinski definition) is 0. The molecule has 1 aliphatic carbocycles. The molecule has 3 heterocycles. The lowest BCUT2D eigenvalue weighted by molar-refractivity contribution is 0.0659. The Labute approximate surface area is 171 Å². The van der Waals surface area contributed by atoms with E-state index in [1.807, 2.05) is 16.9 Å². The average Bonchev–Trinajstić information content (AvgIpc) is 3.39. The molecule has 1 saturated carbocycles. The Morgan fingerprint density at radius 3 is 2.62 bits per heavy atom. The molecule has 1 fully saturated rings. The van der Waals surface area contributed by atoms with Gasteiger partial charge in [0, 0.05) is 24.1 Å². The first-order chi connectivity index (χ1) is 14.2. The SMILES string of the molecule is Cc1nc2c(cc1Cc1ccc(-n3cccn3)cc1)C(=O)N(C1CCCCC1)C2. The van der Waals surface area contributed by atoms with Gasteiger partial charge in [-0.3, -0.25) is 9.78 Å². The first kappa shape index (κ1) is 18.1. The van der Waals surface area contributed by atoms with E-state index in [-0.39, 0.29) is 5.91 Å². The number of carbonyl (C=O) groups excluding carboxylic acids is 1. The molecule has 0 atom stereocenters. The van der Waals surface area contributed by atoms with E-state index < -0.39 is 0 Å². The Morgan fingerprint density at radius 2 is 1.90 bits per heavy atom. The van der Waals surface area contributed by atoms with Crippen LogP contribution in [0.5, 0.6) is 0 Å². The molecule has 3 aromatic rings. The van der Waals surface area contributed by atoms with E-state index >= 15 is 0 Å². The van der Waals surface area contributed by atoms with Crippen LogP contribution in [0.2, 0.25) is 0 Å². The number of fused-ring (bicyclic) bond motifs is 1. The molecule has 5 rings (SSSR count). The number of hydrogen-bond acceptors (Lipinski definition) is 3. The van der Waals surface area contributed by atoms with Crippen molar-refractivity contribution in [3.05, 3.63) is 76.9 Å². The maximum Gasteiger partial charge on any atom is 0.256 e. The summed E-state index contributed by atoms with van der Waals surface area (Å²) in [7, 11) is 0. The van der Waals surface area contributed by atoms with Gasteiger partial charge in [-0.05, 0) is 61.6 Å². The van der Waals surface area contributed by atoms with E-state index in [9.17, 15) is 4.79 Å². The van der Waals surface area contributed by atoms with Crippen molar-refractivity contribution in [3.8, 4) is 5.69 Å². The van der Waals surface area contributed by atoms with Crippen LogP contribution in [0, 0.1) is 6.92 Å². The Kier molecular flexibility index (Phi) is 4.66. The molecule has 29 heavy (non-hydrogen) atoms. The standard InChI is InChI=1S/C24H26N4O/c1-17-19(14-18-8-10-21(11-9-18)28-13-5-12-25-28)15-22-23(26-17)16-27(24(22)29)20-6-3-2-4-7-20/h5,8-13,15,20H,2-4,6-7,14,16H2,1H3. The normalized spacial score (nSPS) is 17.0. The van der Waals surface area contributed by atoms with Gasteiger partial charge in [-0.1, -0.05) is 31.4 Å². The van der Waals surface area contributed by atoms with Gasteiger partial charge in [0.15, 0.2) is 0 Å². The van der Waals surface area contributed by atoms with Crippen molar-refractivity contribution in [2.75, 3.05) is 0 Å². The number of pyridine rings is 1. The van der Waals surface area contributed by atoms with E-state index in [4.69, 9.17) is 4.98 Å². The number of nitrogens with zero attached hydrogens (tertiary/aromatic N) is 4. The van der Waals surface area contributed by atoms with Crippen molar-refractivity contribution >= 4 is 5.91 Å². The second-order valence-electron chi connectivity index (χ2n) is 8.25. The smallest absolute Gasteiger partial charge is 0.256 e. The van der Waals surface area contributed by atoms with Crippen LogP contribution in [0.25, 0.3) is 5.69 Å². The second kappa shape index (κ2) is 7.47. The van der Waals surface area contributed by atoms with Gasteiger partial charge >= 0.3 is 0 Å². The fourth-order valence-electron chi connectivity index (χ4n) is 4.66. The number of rotatable bonds is 4. The summed E-state index contributed by atoms with van der Waals surface area (Å²) < 4.78 is 1.85. The summed E-state index contributed by atoms with van der Waals surface area (Å²) in [5, 5.41) is 4.27. The number of aryl methyl sites for hydroxylation is 1. The highest BCUT2D eigenvalue weighted by molar-refractivity contribution is 5.98. The average molecular weight is 386 g/mol. The quantitative estimate of drug-likeness (QED) is 0.665. The predicted octanol–water partition coefficient (Wildman–Crippen LogP) is 4.46. The molecule has 0 saturated heterocycles. The van der Waals surface area contributed by atoms with Crippen molar-refractivity contribution < 1.29 is 4.79 Å². The third-order valence-corrected chi connectivity index (χ3v) is 6.32. The Bertz CT molecular complexity index is 1020. The zero-order valence-corrected chi connectivity index (χ0v) is 16.8. The highest BCUT2D eigenvalue weighted by Gasteiger charge is 2.34. The number of carbonyl (C=O) groups is 1. The van der Waals surface area contributed by atoms with Gasteiger partial charge in [-0.2, -0.15) is 5.10 Å². The Hall–Kier alpha value is -2.95. The van der Waals surface area contributed by atoms with Gasteiger partial charge in [-0.25, -0.2) is 4.68 Å². The van der Waals surface area contributed by atoms with Gasteiger partial charge in [0.1, 0.15) is 0 Å². The fourth-order valence-corrected chi connectivity index (χ4v) is 4.66. The molecule has 0 radical (unpaired) electrons. The van der Waals surface area contributed by atoms with Crippen LogP contribution in [-0.4, -0.2) is 31.6 Å². The van der Waals surface area contributed by atoms with Gasteiger partial charge in [0.2, 0.25) is 0 Å². The molecule has 5 heteroatoms. The largest absolute Gasteiger partial charge is 0.330 e. The topological polar surface area (TPSA) is 51.0 Å². The van der Waals surface area contributed by atoms with E-state index in [0.29, 0.717) is 12.6 Å². The molecule has 0 spiro atoms. The molecule has 0 unspecified atom stereocenters. The molecular formula is C24H26N4O. The molecule has 1 aliphatic heterocycles. The number of aromatic nitrogens is 3. The summed E-state index contributed by atoms with van der Waals surface area (Å²) >= 11 is 0. The third-order valence-electron chi connectivity index (χ3n) is 6.32. The van der Waals surface area contributed by atoms with E-state index in [1.54, 1.807) is 6.20 Å². The summed E-state index contributed by atoms with van der Waals surface area (Å²) in [6, 6.07) is 12.8. The maximum absolute atomic E-state index is 13.1. The molecule has 2 aromatic heterocycles. The summed E-state index contributed by atoms with van der Waals surface area (Å²) in [5.41, 5.74) is 6.18. The minimum absolute atomic E-state index is 0.176. The number of benzene rings is 1. The van der Waals surface area contributed by atoms with Crippen molar-refractivity contribution in [1.29, 1.82) is 0 Å². The van der Waals surface area contributed by atoms with Crippen molar-refractivity contribution in [3.63, 3.8) is 0 Å². The van der Waals surface area contributed by atoms with Gasteiger partial charge in [0.25, 0.3) is 5.91 Å². The van der Waals surface area contributed by atoms with Gasteiger partial charge in [0.05, 0.1) is 23.5 Å². The number of amides is 1. The molecule has 1 amide bonds. The minimum Gasteiger partial charge on any atom is -0.330 e. The van der Waals surface area contributed by atoms with E-state index in [2.05, 4.69) is 47.3 Å². The van der Waals surface area contributed by atoms with Gasteiger partial charge < -0.3 is 4.90 Å². The minimum atomic E-state index is 0.176. The van der Waals surface area contributed by atoms with Gasteiger partial charge in [-0.15, -0.1) is 0 Å². The van der Waals surface area contributed by atoms with Crippen LogP contribution in [0.15, 0.2) is 48.8 Å². The van der Waals surface area contributed by atoms with E-state index in [1.165, 1.54) is 24.8 Å². The predicted molar refractivity (Wildman–Crippen MR) is 112 cm³/mol. The van der Waals surface area contributed by atoms with Crippen LogP contribution in [0.4, 0.5) is 0 Å². The molecule has 0 N–H and O–H groups in total. The summed E-state index contributed by atoms with van der Waals surface area (Å²) in [5.74, 6) is 0.176. The monoisotopic (exact) mass is 386 g/mol. The molecular weight excluding hydrogens is 360 g/mol. The molecule has 2 aliphatic rings. The van der Waals surface area contributed by atoms with E-state index in [0.717, 1.165) is 47.5 Å². The van der Waals surface area contributed by atoms with Crippen molar-refractivity contribution in [1.82, 2.24) is 19.7 Å². The molecule has 148 valence electrons. The maximum atomic E-state index is 13.1. The van der Waals surface area contributed by atoms with Crippen LogP contribution in [0.3, 0.4) is 0 Å². The molecule has 1 aromatic carbocycles. The summed E-state index contributed by atoms with van der Waals surface area (Å²) in [6.07, 6.45) is 10.5. The Balaban J connectivity index is 1.36. The molecule has 5 nitrogen and oxygen atoms in total. The zero-order valence-electron chi connectivity index (χ0n) is 16.8. The summed E-state index contributed by atoms with van der Waals surface area (Å²) in [4.78, 5) is 20.0. The second-order valence-corrected chi connectivity index (χ2v) is 8.25. The van der Waals surface area contributed by atoms with Crippen LogP contribution in [-0.2, 0) is 13.0 Å².